The van der Waals surface area contributed by atoms with Gasteiger partial charge in [0.2, 0.25) is 0 Å². The highest BCUT2D eigenvalue weighted by molar-refractivity contribution is 7.98. The maximum Gasteiger partial charge on any atom is 0.340 e. The van der Waals surface area contributed by atoms with Crippen LogP contribution in [0.25, 0.3) is 11.0 Å². The van der Waals surface area contributed by atoms with Gasteiger partial charge in [0.1, 0.15) is 0 Å². The summed E-state index contributed by atoms with van der Waals surface area (Å²) >= 11 is 1.33. The van der Waals surface area contributed by atoms with E-state index in [4.69, 9.17) is 4.74 Å². The molecule has 0 amide bonds. The average molecular weight is 321 g/mol. The fraction of sp³-hybridized carbons (Fsp3) is 0.467. The van der Waals surface area contributed by atoms with Gasteiger partial charge < -0.3 is 9.72 Å². The summed E-state index contributed by atoms with van der Waals surface area (Å²) < 4.78 is 5.08. The second kappa shape index (κ2) is 6.08. The van der Waals surface area contributed by atoms with Gasteiger partial charge >= 0.3 is 5.97 Å². The van der Waals surface area contributed by atoms with Crippen LogP contribution in [-0.4, -0.2) is 33.8 Å². The number of carbonyl (C=O) groups is 1. The average Bonchev–Trinajstić information content (AvgIpc) is 2.45. The van der Waals surface area contributed by atoms with Gasteiger partial charge in [0.25, 0.3) is 5.56 Å². The lowest BCUT2D eigenvalue weighted by atomic mass is 9.88. The molecule has 0 spiro atoms. The molecular weight excluding hydrogens is 302 g/mol. The highest BCUT2D eigenvalue weighted by atomic mass is 32.2. The first-order valence-electron chi connectivity index (χ1n) is 6.94. The van der Waals surface area contributed by atoms with Gasteiger partial charge in [-0.1, -0.05) is 32.5 Å². The van der Waals surface area contributed by atoms with E-state index in [2.05, 4.69) is 15.0 Å². The topological polar surface area (TPSA) is 84.9 Å². The minimum Gasteiger partial charge on any atom is -0.462 e. The number of carbonyl (C=O) groups excluding carboxylic acids is 1. The monoisotopic (exact) mass is 321 g/mol. The minimum absolute atomic E-state index is 0.264. The second-order valence-corrected chi connectivity index (χ2v) is 6.60. The number of nitrogens with one attached hydrogen (secondary N) is 1. The van der Waals surface area contributed by atoms with Crippen LogP contribution in [0.2, 0.25) is 0 Å². The predicted octanol–water partition coefficient (Wildman–Crippen LogP) is 2.51. The molecule has 2 rings (SSSR count). The zero-order chi connectivity index (χ0) is 16.5. The number of aromatic nitrogens is 3. The number of nitrogens with zero attached hydrogens (tertiary/aromatic N) is 2. The molecule has 0 aliphatic heterocycles. The van der Waals surface area contributed by atoms with E-state index in [0.717, 1.165) is 0 Å². The fourth-order valence-electron chi connectivity index (χ4n) is 2.08. The van der Waals surface area contributed by atoms with E-state index in [-0.39, 0.29) is 23.0 Å². The van der Waals surface area contributed by atoms with E-state index in [1.807, 2.05) is 27.0 Å². The summed E-state index contributed by atoms with van der Waals surface area (Å²) in [6.07, 6.45) is 1.82. The van der Waals surface area contributed by atoms with Gasteiger partial charge in [-0.3, -0.25) is 4.79 Å². The van der Waals surface area contributed by atoms with Crippen molar-refractivity contribution in [3.8, 4) is 0 Å². The number of H-pyrrole nitrogens is 1. The number of esters is 1. The van der Waals surface area contributed by atoms with E-state index in [1.165, 1.54) is 17.8 Å². The van der Waals surface area contributed by atoms with Crippen LogP contribution in [0.3, 0.4) is 0 Å². The summed E-state index contributed by atoms with van der Waals surface area (Å²) in [5.41, 5.74) is 0.536. The van der Waals surface area contributed by atoms with Crippen molar-refractivity contribution in [3.05, 3.63) is 27.7 Å². The first-order chi connectivity index (χ1) is 10.3. The van der Waals surface area contributed by atoms with Crippen LogP contribution >= 0.6 is 11.8 Å². The predicted molar refractivity (Wildman–Crippen MR) is 86.6 cm³/mol. The number of hydrogen-bond acceptors (Lipinski definition) is 6. The zero-order valence-electron chi connectivity index (χ0n) is 13.3. The van der Waals surface area contributed by atoms with Crippen molar-refractivity contribution in [2.24, 2.45) is 0 Å². The molecule has 2 aromatic rings. The highest BCUT2D eigenvalue weighted by Crippen LogP contribution is 2.26. The number of pyridine rings is 1. The van der Waals surface area contributed by atoms with E-state index >= 15 is 0 Å². The normalized spacial score (nSPS) is 11.7. The van der Waals surface area contributed by atoms with Gasteiger partial charge in [-0.25, -0.2) is 14.8 Å². The largest absolute Gasteiger partial charge is 0.462 e. The Balaban J connectivity index is 2.80. The molecule has 0 bridgehead atoms. The molecule has 0 aliphatic rings. The molecule has 0 fully saturated rings. The molecule has 7 heteroatoms. The van der Waals surface area contributed by atoms with E-state index < -0.39 is 5.97 Å². The van der Waals surface area contributed by atoms with Crippen LogP contribution in [-0.2, 0) is 10.2 Å². The second-order valence-electron chi connectivity index (χ2n) is 5.80. The molecule has 0 radical (unpaired) electrons. The molecule has 0 aliphatic carbocycles. The standard InChI is InChI=1S/C15H19N3O3S/c1-6-21-13(20)8-7-9-11(16-10(8)15(2,3)4)17-14(22-5)18-12(9)19/h7H,6H2,1-5H3,(H,16,17,18,19). The maximum absolute atomic E-state index is 12.2. The number of aromatic amines is 1. The Bertz CT molecular complexity index is 778. The van der Waals surface area contributed by atoms with E-state index in [0.29, 0.717) is 22.1 Å². The molecule has 0 aromatic carbocycles. The molecule has 0 saturated carbocycles. The first-order valence-corrected chi connectivity index (χ1v) is 8.17. The third-order valence-corrected chi connectivity index (χ3v) is 3.65. The Morgan fingerprint density at radius 3 is 2.59 bits per heavy atom. The van der Waals surface area contributed by atoms with Crippen LogP contribution < -0.4 is 5.56 Å². The lowest BCUT2D eigenvalue weighted by Gasteiger charge is -2.21. The summed E-state index contributed by atoms with van der Waals surface area (Å²) in [7, 11) is 0. The number of thioether (sulfide) groups is 1. The van der Waals surface area contributed by atoms with Crippen molar-refractivity contribution < 1.29 is 9.53 Å². The number of fused-ring (bicyclic) bond motifs is 1. The van der Waals surface area contributed by atoms with Crippen LogP contribution in [0.15, 0.2) is 16.0 Å². The van der Waals surface area contributed by atoms with Crippen molar-refractivity contribution >= 4 is 28.8 Å². The lowest BCUT2D eigenvalue weighted by Crippen LogP contribution is -2.22. The van der Waals surface area contributed by atoms with Crippen LogP contribution in [0.5, 0.6) is 0 Å². The molecule has 2 heterocycles. The Morgan fingerprint density at radius 1 is 1.36 bits per heavy atom. The quantitative estimate of drug-likeness (QED) is 0.531. The molecule has 6 nitrogen and oxygen atoms in total. The minimum atomic E-state index is -0.477. The van der Waals surface area contributed by atoms with Gasteiger partial charge in [-0.2, -0.15) is 0 Å². The molecule has 0 saturated heterocycles. The lowest BCUT2D eigenvalue weighted by molar-refractivity contribution is 0.0523. The van der Waals surface area contributed by atoms with E-state index in [9.17, 15) is 9.59 Å². The van der Waals surface area contributed by atoms with Crippen molar-refractivity contribution in [2.45, 2.75) is 38.3 Å². The first kappa shape index (κ1) is 16.5. The Morgan fingerprint density at radius 2 is 2.05 bits per heavy atom. The molecule has 1 N–H and O–H groups in total. The Kier molecular flexibility index (Phi) is 4.55. The molecule has 0 atom stereocenters. The molecular formula is C15H19N3O3S. The van der Waals surface area contributed by atoms with Crippen molar-refractivity contribution in [3.63, 3.8) is 0 Å². The van der Waals surface area contributed by atoms with Gasteiger partial charge in [0, 0.05) is 5.41 Å². The van der Waals surface area contributed by atoms with E-state index in [1.54, 1.807) is 6.92 Å². The molecule has 2 aromatic heterocycles. The summed E-state index contributed by atoms with van der Waals surface area (Å²) in [5.74, 6) is -0.477. The summed E-state index contributed by atoms with van der Waals surface area (Å²) in [6.45, 7) is 7.86. The van der Waals surface area contributed by atoms with Crippen LogP contribution in [0, 0.1) is 0 Å². The SMILES string of the molecule is CCOC(=O)c1cc2c(=O)[nH]c(SC)nc2nc1C(C)(C)C. The smallest absolute Gasteiger partial charge is 0.340 e. The van der Waals surface area contributed by atoms with Crippen molar-refractivity contribution in [1.82, 2.24) is 15.0 Å². The summed E-state index contributed by atoms with van der Waals surface area (Å²) in [5, 5.41) is 0.780. The maximum atomic E-state index is 12.2. The van der Waals surface area contributed by atoms with Crippen molar-refractivity contribution in [2.75, 3.05) is 12.9 Å². The molecule has 118 valence electrons. The number of ether oxygens (including phenoxy) is 1. The van der Waals surface area contributed by atoms with Crippen LogP contribution in [0.1, 0.15) is 43.7 Å². The summed E-state index contributed by atoms with van der Waals surface area (Å²) in [4.78, 5) is 35.8. The third kappa shape index (κ3) is 3.14. The highest BCUT2D eigenvalue weighted by Gasteiger charge is 2.26. The Labute approximate surface area is 132 Å². The number of hydrogen-bond donors (Lipinski definition) is 1. The van der Waals surface area contributed by atoms with Crippen LogP contribution in [0.4, 0.5) is 0 Å². The van der Waals surface area contributed by atoms with Gasteiger partial charge in [-0.05, 0) is 19.2 Å². The van der Waals surface area contributed by atoms with Gasteiger partial charge in [0.05, 0.1) is 23.3 Å². The summed E-state index contributed by atoms with van der Waals surface area (Å²) in [6, 6.07) is 1.52. The van der Waals surface area contributed by atoms with Gasteiger partial charge in [-0.15, -0.1) is 0 Å². The van der Waals surface area contributed by atoms with Gasteiger partial charge in [0.15, 0.2) is 10.8 Å². The number of rotatable bonds is 3. The third-order valence-electron chi connectivity index (χ3n) is 3.07. The Hall–Kier alpha value is -1.89. The van der Waals surface area contributed by atoms with Crippen molar-refractivity contribution in [1.29, 1.82) is 0 Å². The fourth-order valence-corrected chi connectivity index (χ4v) is 2.45. The molecule has 0 unspecified atom stereocenters. The molecule has 22 heavy (non-hydrogen) atoms. The zero-order valence-corrected chi connectivity index (χ0v) is 14.1.